The van der Waals surface area contributed by atoms with Gasteiger partial charge in [0.25, 0.3) is 0 Å². The first-order valence-corrected chi connectivity index (χ1v) is 7.12. The molecule has 2 nitrogen and oxygen atoms in total. The number of hydrogen-bond acceptors (Lipinski definition) is 1. The van der Waals surface area contributed by atoms with Crippen molar-refractivity contribution < 1.29 is 4.79 Å². The predicted octanol–water partition coefficient (Wildman–Crippen LogP) is 3.41. The second-order valence-corrected chi connectivity index (χ2v) is 4.78. The van der Waals surface area contributed by atoms with Crippen LogP contribution in [-0.2, 0) is 4.79 Å². The van der Waals surface area contributed by atoms with Gasteiger partial charge in [0, 0.05) is 25.8 Å². The first-order valence-electron chi connectivity index (χ1n) is 7.12. The van der Waals surface area contributed by atoms with Gasteiger partial charge in [-0.25, -0.2) is 0 Å². The van der Waals surface area contributed by atoms with E-state index in [1.54, 1.807) is 0 Å². The lowest BCUT2D eigenvalue weighted by Crippen LogP contribution is -2.23. The van der Waals surface area contributed by atoms with Crippen molar-refractivity contribution in [1.29, 1.82) is 0 Å². The van der Waals surface area contributed by atoms with E-state index in [1.165, 1.54) is 32.1 Å². The summed E-state index contributed by atoms with van der Waals surface area (Å²) in [6.07, 6.45) is 12.2. The Bertz CT molecular complexity index is 262. The lowest BCUT2D eigenvalue weighted by Gasteiger charge is -2.05. The highest BCUT2D eigenvalue weighted by Crippen LogP contribution is 2.07. The van der Waals surface area contributed by atoms with Crippen LogP contribution >= 0.6 is 0 Å². The lowest BCUT2D eigenvalue weighted by atomic mass is 10.1. The smallest absolute Gasteiger partial charge is 0.219 e. The summed E-state index contributed by atoms with van der Waals surface area (Å²) < 4.78 is 0. The van der Waals surface area contributed by atoms with E-state index in [1.807, 2.05) is 0 Å². The standard InChI is InChI=1S/C15H25NO/c17-15-13-11-9-7-5-3-1-2-4-6-8-10-12-14-16-15/h1-2,4,6-14H2,(H,16,17). The summed E-state index contributed by atoms with van der Waals surface area (Å²) in [6, 6.07) is 0. The molecule has 0 spiro atoms. The third kappa shape index (κ3) is 8.80. The van der Waals surface area contributed by atoms with Gasteiger partial charge in [-0.15, -0.1) is 11.8 Å². The van der Waals surface area contributed by atoms with E-state index in [0.29, 0.717) is 6.42 Å². The molecule has 1 N–H and O–H groups in total. The van der Waals surface area contributed by atoms with E-state index < -0.39 is 0 Å². The third-order valence-corrected chi connectivity index (χ3v) is 3.13. The molecular weight excluding hydrogens is 210 g/mol. The number of carbonyl (C=O) groups is 1. The van der Waals surface area contributed by atoms with Crippen molar-refractivity contribution in [2.75, 3.05) is 6.54 Å². The maximum atomic E-state index is 11.4. The topological polar surface area (TPSA) is 29.1 Å². The van der Waals surface area contributed by atoms with E-state index in [-0.39, 0.29) is 5.91 Å². The number of amides is 1. The van der Waals surface area contributed by atoms with Crippen molar-refractivity contribution in [3.63, 3.8) is 0 Å². The summed E-state index contributed by atoms with van der Waals surface area (Å²) in [7, 11) is 0. The van der Waals surface area contributed by atoms with Gasteiger partial charge < -0.3 is 5.32 Å². The third-order valence-electron chi connectivity index (χ3n) is 3.13. The molecule has 96 valence electrons. The molecular formula is C15H25NO. The minimum absolute atomic E-state index is 0.213. The van der Waals surface area contributed by atoms with Crippen molar-refractivity contribution in [1.82, 2.24) is 5.32 Å². The van der Waals surface area contributed by atoms with Crippen molar-refractivity contribution in [3.05, 3.63) is 0 Å². The number of rotatable bonds is 0. The fourth-order valence-electron chi connectivity index (χ4n) is 2.04. The number of nitrogens with one attached hydrogen (secondary N) is 1. The molecule has 1 aliphatic rings. The molecule has 0 atom stereocenters. The normalized spacial score (nSPS) is 21.1. The monoisotopic (exact) mass is 235 g/mol. The summed E-state index contributed by atoms with van der Waals surface area (Å²) in [5.41, 5.74) is 0. The summed E-state index contributed by atoms with van der Waals surface area (Å²) in [4.78, 5) is 11.4. The van der Waals surface area contributed by atoms with Crippen LogP contribution in [-0.4, -0.2) is 12.5 Å². The highest BCUT2D eigenvalue weighted by molar-refractivity contribution is 5.75. The van der Waals surface area contributed by atoms with Gasteiger partial charge in [-0.05, 0) is 25.7 Å². The van der Waals surface area contributed by atoms with Crippen LogP contribution in [0.2, 0.25) is 0 Å². The van der Waals surface area contributed by atoms with Crippen LogP contribution in [0.3, 0.4) is 0 Å². The second kappa shape index (κ2) is 10.2. The van der Waals surface area contributed by atoms with E-state index in [9.17, 15) is 4.79 Å². The molecule has 2 heteroatoms. The molecule has 0 saturated carbocycles. The van der Waals surface area contributed by atoms with Gasteiger partial charge in [0.15, 0.2) is 0 Å². The number of carbonyl (C=O) groups excluding carboxylic acids is 1. The van der Waals surface area contributed by atoms with Gasteiger partial charge in [0.05, 0.1) is 0 Å². The molecule has 0 bridgehead atoms. The number of hydrogen-bond donors (Lipinski definition) is 1. The maximum absolute atomic E-state index is 11.4. The van der Waals surface area contributed by atoms with Gasteiger partial charge in [-0.2, -0.15) is 0 Å². The zero-order valence-electron chi connectivity index (χ0n) is 10.9. The Labute approximate surface area is 106 Å². The molecule has 0 radical (unpaired) electrons. The average molecular weight is 235 g/mol. The minimum atomic E-state index is 0.213. The molecule has 0 aromatic heterocycles. The molecule has 1 heterocycles. The van der Waals surface area contributed by atoms with Crippen molar-refractivity contribution in [2.24, 2.45) is 0 Å². The molecule has 1 rings (SSSR count). The van der Waals surface area contributed by atoms with Gasteiger partial charge in [0.1, 0.15) is 0 Å². The minimum Gasteiger partial charge on any atom is -0.356 e. The summed E-state index contributed by atoms with van der Waals surface area (Å²) in [5, 5.41) is 2.99. The summed E-state index contributed by atoms with van der Waals surface area (Å²) in [5.74, 6) is 6.64. The molecule has 0 aliphatic carbocycles. The fraction of sp³-hybridized carbons (Fsp3) is 0.800. The lowest BCUT2D eigenvalue weighted by molar-refractivity contribution is -0.121. The van der Waals surface area contributed by atoms with Crippen molar-refractivity contribution in [3.8, 4) is 11.8 Å². The Morgan fingerprint density at radius 1 is 0.765 bits per heavy atom. The van der Waals surface area contributed by atoms with E-state index in [4.69, 9.17) is 0 Å². The van der Waals surface area contributed by atoms with Crippen LogP contribution in [0.1, 0.15) is 70.6 Å². The van der Waals surface area contributed by atoms with Crippen LogP contribution in [0.5, 0.6) is 0 Å². The highest BCUT2D eigenvalue weighted by atomic mass is 16.1. The zero-order chi connectivity index (χ0) is 12.2. The Hall–Kier alpha value is -0.970. The van der Waals surface area contributed by atoms with Gasteiger partial charge >= 0.3 is 0 Å². The molecule has 1 aliphatic heterocycles. The Morgan fingerprint density at radius 3 is 2.12 bits per heavy atom. The Morgan fingerprint density at radius 2 is 1.35 bits per heavy atom. The Kier molecular flexibility index (Phi) is 8.46. The van der Waals surface area contributed by atoms with Crippen LogP contribution in [0.25, 0.3) is 0 Å². The zero-order valence-corrected chi connectivity index (χ0v) is 10.9. The molecule has 0 aromatic carbocycles. The maximum Gasteiger partial charge on any atom is 0.219 e. The average Bonchev–Trinajstić information content (AvgIpc) is 2.32. The van der Waals surface area contributed by atoms with Crippen LogP contribution in [0.4, 0.5) is 0 Å². The Balaban J connectivity index is 2.21. The molecule has 0 unspecified atom stereocenters. The highest BCUT2D eigenvalue weighted by Gasteiger charge is 2.00. The second-order valence-electron chi connectivity index (χ2n) is 4.78. The molecule has 0 fully saturated rings. The summed E-state index contributed by atoms with van der Waals surface area (Å²) in [6.45, 7) is 0.860. The van der Waals surface area contributed by atoms with E-state index in [0.717, 1.165) is 38.6 Å². The van der Waals surface area contributed by atoms with Crippen LogP contribution in [0, 0.1) is 11.8 Å². The first-order chi connectivity index (χ1) is 8.39. The summed E-state index contributed by atoms with van der Waals surface area (Å²) >= 11 is 0. The molecule has 1 amide bonds. The van der Waals surface area contributed by atoms with Gasteiger partial charge in [-0.1, -0.05) is 25.7 Å². The van der Waals surface area contributed by atoms with E-state index in [2.05, 4.69) is 17.2 Å². The van der Waals surface area contributed by atoms with Crippen molar-refractivity contribution in [2.45, 2.75) is 70.6 Å². The SMILES string of the molecule is O=C1CCCCC#CCCCCCCCCN1. The first kappa shape index (κ1) is 14.1. The van der Waals surface area contributed by atoms with E-state index >= 15 is 0 Å². The fourth-order valence-corrected chi connectivity index (χ4v) is 2.04. The largest absolute Gasteiger partial charge is 0.356 e. The van der Waals surface area contributed by atoms with Gasteiger partial charge in [0.2, 0.25) is 5.91 Å². The molecule has 0 saturated heterocycles. The molecule has 0 aromatic rings. The predicted molar refractivity (Wildman–Crippen MR) is 71.6 cm³/mol. The van der Waals surface area contributed by atoms with Gasteiger partial charge in [-0.3, -0.25) is 4.79 Å². The molecule has 17 heavy (non-hydrogen) atoms. The van der Waals surface area contributed by atoms with Crippen LogP contribution < -0.4 is 5.32 Å². The quantitative estimate of drug-likeness (QED) is 0.640. The van der Waals surface area contributed by atoms with Crippen molar-refractivity contribution >= 4 is 5.91 Å². The van der Waals surface area contributed by atoms with Crippen LogP contribution in [0.15, 0.2) is 0 Å².